The van der Waals surface area contributed by atoms with Crippen LogP contribution >= 0.6 is 0 Å². The molecule has 4 rings (SSSR count). The van der Waals surface area contributed by atoms with Crippen LogP contribution in [0.5, 0.6) is 0 Å². The van der Waals surface area contributed by atoms with Crippen molar-refractivity contribution in [2.24, 2.45) is 5.92 Å². The third-order valence-corrected chi connectivity index (χ3v) is 6.68. The van der Waals surface area contributed by atoms with Gasteiger partial charge in [0.2, 0.25) is 0 Å². The molecule has 23 heavy (non-hydrogen) atoms. The van der Waals surface area contributed by atoms with E-state index >= 15 is 0 Å². The summed E-state index contributed by atoms with van der Waals surface area (Å²) in [6.45, 7) is 1.80. The lowest BCUT2D eigenvalue weighted by Crippen LogP contribution is -2.37. The van der Waals surface area contributed by atoms with Crippen LogP contribution in [-0.4, -0.2) is 48.9 Å². The Kier molecular flexibility index (Phi) is 3.50. The first-order valence-electron chi connectivity index (χ1n) is 7.95. The molecule has 1 atom stereocenters. The topological polar surface area (TPSA) is 83.4 Å². The van der Waals surface area contributed by atoms with Gasteiger partial charge in [0.25, 0.3) is 0 Å². The molecule has 2 aliphatic rings. The van der Waals surface area contributed by atoms with E-state index in [0.29, 0.717) is 11.3 Å². The van der Waals surface area contributed by atoms with Gasteiger partial charge in [-0.25, -0.2) is 18.4 Å². The van der Waals surface area contributed by atoms with Crippen molar-refractivity contribution in [3.05, 3.63) is 24.0 Å². The second-order valence-corrected chi connectivity index (χ2v) is 8.42. The first-order valence-corrected chi connectivity index (χ1v) is 9.60. The van der Waals surface area contributed by atoms with Crippen molar-refractivity contribution in [1.82, 2.24) is 9.97 Å². The number of rotatable bonds is 2. The quantitative estimate of drug-likeness (QED) is 0.888. The maximum absolute atomic E-state index is 12.2. The number of aryl methyl sites for hydroxylation is 1. The molecule has 0 saturated carbocycles. The molecular formula is C16H19N3O3S. The minimum Gasteiger partial charge on any atom is -0.396 e. The maximum Gasteiger partial charge on any atom is 0.179 e. The highest BCUT2D eigenvalue weighted by Crippen LogP contribution is 2.36. The van der Waals surface area contributed by atoms with Crippen LogP contribution in [0.15, 0.2) is 23.4 Å². The average molecular weight is 333 g/mol. The minimum absolute atomic E-state index is 0.162. The predicted molar refractivity (Wildman–Crippen MR) is 87.3 cm³/mol. The van der Waals surface area contributed by atoms with E-state index in [0.717, 1.165) is 48.2 Å². The largest absolute Gasteiger partial charge is 0.396 e. The van der Waals surface area contributed by atoms with Gasteiger partial charge in [-0.15, -0.1) is 0 Å². The molecule has 1 aromatic heterocycles. The summed E-state index contributed by atoms with van der Waals surface area (Å²) in [5, 5.41) is 10.3. The Balaban J connectivity index is 1.89. The highest BCUT2D eigenvalue weighted by Gasteiger charge is 2.30. The fraction of sp³-hybridized carbons (Fsp3) is 0.500. The lowest BCUT2D eigenvalue weighted by Gasteiger charge is -2.33. The number of sulfone groups is 1. The van der Waals surface area contributed by atoms with Gasteiger partial charge in [0.1, 0.15) is 12.1 Å². The van der Waals surface area contributed by atoms with Gasteiger partial charge in [0.15, 0.2) is 9.84 Å². The Morgan fingerprint density at radius 1 is 1.30 bits per heavy atom. The van der Waals surface area contributed by atoms with Crippen LogP contribution in [-0.2, 0) is 16.3 Å². The van der Waals surface area contributed by atoms with Crippen LogP contribution in [0.1, 0.15) is 18.4 Å². The molecule has 6 nitrogen and oxygen atoms in total. The Bertz CT molecular complexity index is 866. The predicted octanol–water partition coefficient (Wildman–Crippen LogP) is 1.17. The van der Waals surface area contributed by atoms with E-state index in [1.54, 1.807) is 12.1 Å². The van der Waals surface area contributed by atoms with Crippen LogP contribution in [0.3, 0.4) is 0 Å². The number of hydrogen-bond acceptors (Lipinski definition) is 6. The van der Waals surface area contributed by atoms with Crippen molar-refractivity contribution < 1.29 is 13.5 Å². The number of benzene rings is 1. The zero-order chi connectivity index (χ0) is 16.0. The van der Waals surface area contributed by atoms with Crippen LogP contribution in [0.25, 0.3) is 10.9 Å². The van der Waals surface area contributed by atoms with Crippen LogP contribution < -0.4 is 4.90 Å². The number of aromatic nitrogens is 2. The number of hydrogen-bond donors (Lipinski definition) is 1. The van der Waals surface area contributed by atoms with E-state index in [1.807, 2.05) is 0 Å². The summed E-state index contributed by atoms with van der Waals surface area (Å²) in [6.07, 6.45) is 4.08. The Labute approximate surface area is 135 Å². The number of nitrogens with zero attached hydrogens (tertiary/aromatic N) is 3. The maximum atomic E-state index is 12.2. The fourth-order valence-electron chi connectivity index (χ4n) is 3.72. The normalized spacial score (nSPS) is 23.2. The molecule has 0 bridgehead atoms. The second kappa shape index (κ2) is 5.42. The highest BCUT2D eigenvalue weighted by molar-refractivity contribution is 7.91. The molecule has 1 saturated heterocycles. The number of piperidine rings is 1. The average Bonchev–Trinajstić information content (AvgIpc) is 2.89. The molecule has 122 valence electrons. The van der Waals surface area contributed by atoms with Crippen LogP contribution in [0.2, 0.25) is 0 Å². The molecule has 0 spiro atoms. The van der Waals surface area contributed by atoms with E-state index in [9.17, 15) is 13.5 Å². The Hall–Kier alpha value is -1.73. The van der Waals surface area contributed by atoms with Crippen molar-refractivity contribution in [3.63, 3.8) is 0 Å². The Morgan fingerprint density at radius 2 is 2.17 bits per heavy atom. The van der Waals surface area contributed by atoms with Crippen molar-refractivity contribution in [1.29, 1.82) is 0 Å². The first kappa shape index (κ1) is 14.8. The summed E-state index contributed by atoms with van der Waals surface area (Å²) in [5.74, 6) is 1.21. The van der Waals surface area contributed by atoms with E-state index in [2.05, 4.69) is 14.9 Å². The first-order chi connectivity index (χ1) is 11.1. The Morgan fingerprint density at radius 3 is 3.00 bits per heavy atom. The SMILES string of the molecule is O=S1(=O)CCc2c1ccc1ncnc(N3CCCC(CO)C3)c21. The van der Waals surface area contributed by atoms with Gasteiger partial charge < -0.3 is 10.0 Å². The summed E-state index contributed by atoms with van der Waals surface area (Å²) >= 11 is 0. The molecule has 3 heterocycles. The van der Waals surface area contributed by atoms with Gasteiger partial charge in [-0.05, 0) is 42.9 Å². The van der Waals surface area contributed by atoms with E-state index < -0.39 is 9.84 Å². The molecule has 2 aliphatic heterocycles. The molecule has 1 N–H and O–H groups in total. The van der Waals surface area contributed by atoms with Gasteiger partial charge in [-0.2, -0.15) is 0 Å². The fourth-order valence-corrected chi connectivity index (χ4v) is 5.26. The molecule has 1 unspecified atom stereocenters. The van der Waals surface area contributed by atoms with Gasteiger partial charge in [-0.3, -0.25) is 0 Å². The van der Waals surface area contributed by atoms with E-state index in [-0.39, 0.29) is 18.3 Å². The smallest absolute Gasteiger partial charge is 0.179 e. The summed E-state index contributed by atoms with van der Waals surface area (Å²) in [6, 6.07) is 3.44. The number of aliphatic hydroxyl groups excluding tert-OH is 1. The lowest BCUT2D eigenvalue weighted by molar-refractivity contribution is 0.208. The number of aliphatic hydroxyl groups is 1. The molecular weight excluding hydrogens is 314 g/mol. The molecule has 0 amide bonds. The van der Waals surface area contributed by atoms with Gasteiger partial charge >= 0.3 is 0 Å². The third kappa shape index (κ3) is 2.38. The summed E-state index contributed by atoms with van der Waals surface area (Å²) in [7, 11) is -3.17. The molecule has 1 fully saturated rings. The molecule has 2 aromatic rings. The lowest BCUT2D eigenvalue weighted by atomic mass is 9.98. The zero-order valence-corrected chi connectivity index (χ0v) is 13.6. The summed E-state index contributed by atoms with van der Waals surface area (Å²) < 4.78 is 24.4. The van der Waals surface area contributed by atoms with Gasteiger partial charge in [-0.1, -0.05) is 0 Å². The molecule has 1 aromatic carbocycles. The number of fused-ring (bicyclic) bond motifs is 3. The summed E-state index contributed by atoms with van der Waals surface area (Å²) in [4.78, 5) is 11.4. The van der Waals surface area contributed by atoms with Gasteiger partial charge in [0, 0.05) is 25.1 Å². The molecule has 0 aliphatic carbocycles. The van der Waals surface area contributed by atoms with E-state index in [4.69, 9.17) is 0 Å². The summed E-state index contributed by atoms with van der Waals surface area (Å²) in [5.41, 5.74) is 1.64. The van der Waals surface area contributed by atoms with Crippen LogP contribution in [0.4, 0.5) is 5.82 Å². The van der Waals surface area contributed by atoms with Crippen molar-refractivity contribution in [3.8, 4) is 0 Å². The molecule has 7 heteroatoms. The van der Waals surface area contributed by atoms with Crippen molar-refractivity contribution in [2.45, 2.75) is 24.2 Å². The number of anilines is 1. The van der Waals surface area contributed by atoms with Crippen LogP contribution in [0, 0.1) is 5.92 Å². The monoisotopic (exact) mass is 333 g/mol. The zero-order valence-electron chi connectivity index (χ0n) is 12.8. The highest BCUT2D eigenvalue weighted by atomic mass is 32.2. The van der Waals surface area contributed by atoms with Crippen molar-refractivity contribution in [2.75, 3.05) is 30.3 Å². The standard InChI is InChI=1S/C16H19N3O3S/c20-9-11-2-1-6-19(8-11)16-15-12-5-7-23(21,22)14(12)4-3-13(15)17-10-18-16/h3-4,10-11,20H,1-2,5-9H2. The van der Waals surface area contributed by atoms with Gasteiger partial charge in [0.05, 0.1) is 16.2 Å². The molecule has 0 radical (unpaired) electrons. The van der Waals surface area contributed by atoms with Crippen molar-refractivity contribution >= 4 is 26.6 Å². The van der Waals surface area contributed by atoms with E-state index in [1.165, 1.54) is 6.33 Å². The minimum atomic E-state index is -3.17. The third-order valence-electron chi connectivity index (χ3n) is 4.88. The second-order valence-electron chi connectivity index (χ2n) is 6.34.